The quantitative estimate of drug-likeness (QED) is 0.385. The summed E-state index contributed by atoms with van der Waals surface area (Å²) < 4.78 is 13.4. The SMILES string of the molecule is C/C(=N/NC(=O)CSc1ccccc1F)c1ccc(N)cc1. The average molecular weight is 317 g/mol. The Morgan fingerprint density at radius 1 is 1.23 bits per heavy atom. The van der Waals surface area contributed by atoms with Gasteiger partial charge in [0.05, 0.1) is 11.5 Å². The molecule has 3 N–H and O–H groups in total. The van der Waals surface area contributed by atoms with Crippen LogP contribution in [0.2, 0.25) is 0 Å². The Bertz CT molecular complexity index is 686. The fraction of sp³-hybridized carbons (Fsp3) is 0.125. The van der Waals surface area contributed by atoms with Crippen molar-refractivity contribution >= 4 is 29.1 Å². The van der Waals surface area contributed by atoms with Crippen molar-refractivity contribution in [1.82, 2.24) is 5.43 Å². The first-order valence-corrected chi connectivity index (χ1v) is 7.61. The fourth-order valence-electron chi connectivity index (χ4n) is 1.67. The summed E-state index contributed by atoms with van der Waals surface area (Å²) in [7, 11) is 0. The van der Waals surface area contributed by atoms with Gasteiger partial charge in [-0.2, -0.15) is 5.10 Å². The molecule has 0 saturated heterocycles. The normalized spacial score (nSPS) is 11.3. The van der Waals surface area contributed by atoms with Gasteiger partial charge in [0.2, 0.25) is 5.91 Å². The Hall–Kier alpha value is -2.34. The maximum absolute atomic E-state index is 13.4. The van der Waals surface area contributed by atoms with Gasteiger partial charge in [-0.25, -0.2) is 9.82 Å². The number of anilines is 1. The smallest absolute Gasteiger partial charge is 0.250 e. The summed E-state index contributed by atoms with van der Waals surface area (Å²) in [5.41, 5.74) is 10.3. The van der Waals surface area contributed by atoms with Crippen LogP contribution in [0, 0.1) is 5.82 Å². The molecule has 0 atom stereocenters. The lowest BCUT2D eigenvalue weighted by Gasteiger charge is -2.04. The number of nitrogen functional groups attached to an aromatic ring is 1. The van der Waals surface area contributed by atoms with Crippen LogP contribution in [0.4, 0.5) is 10.1 Å². The number of nitrogens with two attached hydrogens (primary N) is 1. The number of rotatable bonds is 5. The number of thioether (sulfide) groups is 1. The van der Waals surface area contributed by atoms with Crippen LogP contribution in [-0.4, -0.2) is 17.4 Å². The number of halogens is 1. The number of hydrogen-bond donors (Lipinski definition) is 2. The van der Waals surface area contributed by atoms with E-state index in [0.29, 0.717) is 16.3 Å². The second-order valence-corrected chi connectivity index (χ2v) is 5.59. The summed E-state index contributed by atoms with van der Waals surface area (Å²) in [4.78, 5) is 12.2. The monoisotopic (exact) mass is 317 g/mol. The van der Waals surface area contributed by atoms with E-state index in [-0.39, 0.29) is 17.5 Å². The number of benzene rings is 2. The molecule has 0 heterocycles. The van der Waals surface area contributed by atoms with Crippen LogP contribution in [0.25, 0.3) is 0 Å². The maximum Gasteiger partial charge on any atom is 0.250 e. The Morgan fingerprint density at radius 3 is 2.59 bits per heavy atom. The fourth-order valence-corrected chi connectivity index (χ4v) is 2.40. The Balaban J connectivity index is 1.88. The topological polar surface area (TPSA) is 67.5 Å². The third kappa shape index (κ3) is 4.60. The molecule has 0 fully saturated rings. The second kappa shape index (κ2) is 7.61. The van der Waals surface area contributed by atoms with Gasteiger partial charge in [0.15, 0.2) is 0 Å². The van der Waals surface area contributed by atoms with Crippen LogP contribution < -0.4 is 11.2 Å². The molecular formula is C16H16FN3OS. The summed E-state index contributed by atoms with van der Waals surface area (Å²) in [5, 5.41) is 4.03. The Labute approximate surface area is 132 Å². The lowest BCUT2D eigenvalue weighted by molar-refractivity contribution is -0.118. The molecule has 22 heavy (non-hydrogen) atoms. The molecule has 0 aromatic heterocycles. The van der Waals surface area contributed by atoms with Crippen LogP contribution >= 0.6 is 11.8 Å². The van der Waals surface area contributed by atoms with Crippen molar-refractivity contribution in [3.05, 3.63) is 59.9 Å². The lowest BCUT2D eigenvalue weighted by Crippen LogP contribution is -2.21. The minimum atomic E-state index is -0.332. The third-order valence-electron chi connectivity index (χ3n) is 2.87. The van der Waals surface area contributed by atoms with Gasteiger partial charge >= 0.3 is 0 Å². The summed E-state index contributed by atoms with van der Waals surface area (Å²) >= 11 is 1.13. The van der Waals surface area contributed by atoms with Gasteiger partial charge in [-0.05, 0) is 36.8 Å². The van der Waals surface area contributed by atoms with E-state index in [9.17, 15) is 9.18 Å². The third-order valence-corrected chi connectivity index (χ3v) is 3.92. The van der Waals surface area contributed by atoms with E-state index in [1.54, 1.807) is 37.3 Å². The van der Waals surface area contributed by atoms with Crippen LogP contribution in [0.1, 0.15) is 12.5 Å². The van der Waals surface area contributed by atoms with E-state index in [0.717, 1.165) is 17.3 Å². The van der Waals surface area contributed by atoms with Crippen molar-refractivity contribution in [3.8, 4) is 0 Å². The van der Waals surface area contributed by atoms with Crippen molar-refractivity contribution in [2.75, 3.05) is 11.5 Å². The van der Waals surface area contributed by atoms with Gasteiger partial charge in [0.25, 0.3) is 0 Å². The summed E-state index contributed by atoms with van der Waals surface area (Å²) in [6, 6.07) is 13.5. The molecule has 0 spiro atoms. The van der Waals surface area contributed by atoms with Crippen LogP contribution in [0.5, 0.6) is 0 Å². The van der Waals surface area contributed by atoms with E-state index >= 15 is 0 Å². The van der Waals surface area contributed by atoms with Gasteiger partial charge in [0.1, 0.15) is 5.82 Å². The second-order valence-electron chi connectivity index (χ2n) is 4.57. The minimum absolute atomic E-state index is 0.0967. The zero-order valence-corrected chi connectivity index (χ0v) is 12.9. The molecule has 114 valence electrons. The number of carbonyl (C=O) groups is 1. The van der Waals surface area contributed by atoms with Gasteiger partial charge in [-0.3, -0.25) is 4.79 Å². The maximum atomic E-state index is 13.4. The minimum Gasteiger partial charge on any atom is -0.399 e. The molecule has 2 aromatic carbocycles. The highest BCUT2D eigenvalue weighted by Crippen LogP contribution is 2.20. The summed E-state index contributed by atoms with van der Waals surface area (Å²) in [6.45, 7) is 1.79. The van der Waals surface area contributed by atoms with Crippen molar-refractivity contribution in [3.63, 3.8) is 0 Å². The molecule has 0 unspecified atom stereocenters. The van der Waals surface area contributed by atoms with E-state index in [2.05, 4.69) is 10.5 Å². The number of carbonyl (C=O) groups excluding carboxylic acids is 1. The highest BCUT2D eigenvalue weighted by atomic mass is 32.2. The molecule has 2 rings (SSSR count). The zero-order valence-electron chi connectivity index (χ0n) is 12.0. The molecule has 2 aromatic rings. The van der Waals surface area contributed by atoms with Gasteiger partial charge in [0, 0.05) is 10.6 Å². The first-order valence-electron chi connectivity index (χ1n) is 6.62. The highest BCUT2D eigenvalue weighted by molar-refractivity contribution is 8.00. The van der Waals surface area contributed by atoms with Crippen molar-refractivity contribution in [1.29, 1.82) is 0 Å². The van der Waals surface area contributed by atoms with Crippen LogP contribution in [0.3, 0.4) is 0 Å². The molecule has 4 nitrogen and oxygen atoms in total. The molecule has 0 saturated carbocycles. The van der Waals surface area contributed by atoms with Crippen molar-refractivity contribution in [2.45, 2.75) is 11.8 Å². The van der Waals surface area contributed by atoms with Crippen LogP contribution in [0.15, 0.2) is 58.5 Å². The van der Waals surface area contributed by atoms with E-state index < -0.39 is 0 Å². The average Bonchev–Trinajstić information content (AvgIpc) is 2.52. The van der Waals surface area contributed by atoms with Crippen molar-refractivity contribution in [2.24, 2.45) is 5.10 Å². The molecule has 0 aliphatic rings. The van der Waals surface area contributed by atoms with Gasteiger partial charge in [-0.15, -0.1) is 11.8 Å². The molecule has 0 aliphatic heterocycles. The number of hydrazone groups is 1. The molecule has 1 amide bonds. The van der Waals surface area contributed by atoms with E-state index in [1.807, 2.05) is 12.1 Å². The number of amides is 1. The Kier molecular flexibility index (Phi) is 5.55. The van der Waals surface area contributed by atoms with E-state index in [4.69, 9.17) is 5.73 Å². The lowest BCUT2D eigenvalue weighted by atomic mass is 10.1. The molecule has 6 heteroatoms. The van der Waals surface area contributed by atoms with Crippen LogP contribution in [-0.2, 0) is 4.79 Å². The zero-order chi connectivity index (χ0) is 15.9. The number of nitrogens with one attached hydrogen (secondary N) is 1. The molecule has 0 radical (unpaired) electrons. The van der Waals surface area contributed by atoms with Gasteiger partial charge < -0.3 is 5.73 Å². The number of hydrogen-bond acceptors (Lipinski definition) is 4. The molecule has 0 aliphatic carbocycles. The predicted octanol–water partition coefficient (Wildman–Crippen LogP) is 3.04. The summed E-state index contributed by atoms with van der Waals surface area (Å²) in [6.07, 6.45) is 0. The first-order chi connectivity index (χ1) is 10.6. The largest absolute Gasteiger partial charge is 0.399 e. The van der Waals surface area contributed by atoms with E-state index in [1.165, 1.54) is 6.07 Å². The Morgan fingerprint density at radius 2 is 1.91 bits per heavy atom. The standard InChI is InChI=1S/C16H16FN3OS/c1-11(12-6-8-13(18)9-7-12)19-20-16(21)10-22-15-5-3-2-4-14(15)17/h2-9H,10,18H2,1H3,(H,20,21)/b19-11-. The predicted molar refractivity (Wildman–Crippen MR) is 88.3 cm³/mol. The highest BCUT2D eigenvalue weighted by Gasteiger charge is 2.06. The first kappa shape index (κ1) is 16.0. The van der Waals surface area contributed by atoms with Crippen molar-refractivity contribution < 1.29 is 9.18 Å². The molecular weight excluding hydrogens is 301 g/mol. The summed E-state index contributed by atoms with van der Waals surface area (Å²) in [5.74, 6) is -0.524. The number of nitrogens with zero attached hydrogens (tertiary/aromatic N) is 1. The molecule has 0 bridgehead atoms. The van der Waals surface area contributed by atoms with Gasteiger partial charge in [-0.1, -0.05) is 24.3 Å².